The summed E-state index contributed by atoms with van der Waals surface area (Å²) in [6.45, 7) is 6.04. The van der Waals surface area contributed by atoms with Crippen molar-refractivity contribution in [3.63, 3.8) is 0 Å². The van der Waals surface area contributed by atoms with E-state index < -0.39 is 6.10 Å². The number of aromatic nitrogens is 3. The molecule has 0 aromatic carbocycles. The number of hydrogen-bond acceptors (Lipinski definition) is 4. The van der Waals surface area contributed by atoms with Crippen LogP contribution in [0.3, 0.4) is 0 Å². The lowest BCUT2D eigenvalue weighted by molar-refractivity contribution is 0.177. The first-order valence-corrected chi connectivity index (χ1v) is 7.47. The zero-order chi connectivity index (χ0) is 14.2. The van der Waals surface area contributed by atoms with Gasteiger partial charge in [-0.15, -0.1) is 11.3 Å². The van der Waals surface area contributed by atoms with Gasteiger partial charge in [-0.1, -0.05) is 25.4 Å². The summed E-state index contributed by atoms with van der Waals surface area (Å²) in [5.41, 5.74) is 2.56. The zero-order valence-corrected chi connectivity index (χ0v) is 13.1. The van der Waals surface area contributed by atoms with Crippen LogP contribution in [0.2, 0.25) is 5.15 Å². The topological polar surface area (TPSA) is 50.9 Å². The Morgan fingerprint density at radius 2 is 2.16 bits per heavy atom. The molecule has 19 heavy (non-hydrogen) atoms. The molecule has 0 aliphatic rings. The summed E-state index contributed by atoms with van der Waals surface area (Å²) < 4.78 is 1.61. The van der Waals surface area contributed by atoms with Gasteiger partial charge in [-0.2, -0.15) is 5.10 Å². The van der Waals surface area contributed by atoms with Crippen LogP contribution in [0.1, 0.15) is 47.8 Å². The van der Waals surface area contributed by atoms with Crippen molar-refractivity contribution < 1.29 is 5.11 Å². The molecule has 1 unspecified atom stereocenters. The molecule has 0 bridgehead atoms. The van der Waals surface area contributed by atoms with Gasteiger partial charge in [0.2, 0.25) is 0 Å². The van der Waals surface area contributed by atoms with Gasteiger partial charge in [0, 0.05) is 30.1 Å². The smallest absolute Gasteiger partial charge is 0.132 e. The van der Waals surface area contributed by atoms with Crippen LogP contribution in [0.4, 0.5) is 0 Å². The first kappa shape index (κ1) is 14.5. The van der Waals surface area contributed by atoms with Gasteiger partial charge in [-0.05, 0) is 12.8 Å². The van der Waals surface area contributed by atoms with Gasteiger partial charge in [0.1, 0.15) is 5.15 Å². The number of halogens is 1. The van der Waals surface area contributed by atoms with E-state index in [0.717, 1.165) is 22.0 Å². The Labute approximate surface area is 122 Å². The fourth-order valence-electron chi connectivity index (χ4n) is 2.04. The third kappa shape index (κ3) is 2.99. The third-order valence-electron chi connectivity index (χ3n) is 2.95. The standard InChI is InChI=1S/C13H18ClN3OS/c1-7(2)12-11(13(14)17(4)16-12)9(18)5-10-15-8(3)6-19-10/h6-7,9,18H,5H2,1-4H3. The minimum absolute atomic E-state index is 0.224. The van der Waals surface area contributed by atoms with Gasteiger partial charge in [0.05, 0.1) is 16.8 Å². The van der Waals surface area contributed by atoms with E-state index in [1.807, 2.05) is 26.2 Å². The Balaban J connectivity index is 2.30. The average Bonchev–Trinajstić information content (AvgIpc) is 2.84. The normalized spacial score (nSPS) is 13.2. The minimum atomic E-state index is -0.663. The van der Waals surface area contributed by atoms with E-state index in [2.05, 4.69) is 10.1 Å². The van der Waals surface area contributed by atoms with Crippen molar-refractivity contribution in [3.05, 3.63) is 32.5 Å². The summed E-state index contributed by atoms with van der Waals surface area (Å²) >= 11 is 7.81. The molecule has 0 saturated heterocycles. The van der Waals surface area contributed by atoms with E-state index in [0.29, 0.717) is 11.6 Å². The lowest BCUT2D eigenvalue weighted by Crippen LogP contribution is -2.05. The summed E-state index contributed by atoms with van der Waals surface area (Å²) in [4.78, 5) is 4.38. The van der Waals surface area contributed by atoms with E-state index in [9.17, 15) is 5.11 Å². The van der Waals surface area contributed by atoms with Crippen molar-refractivity contribution in [2.45, 2.75) is 39.2 Å². The van der Waals surface area contributed by atoms with Gasteiger partial charge in [-0.25, -0.2) is 4.98 Å². The van der Waals surface area contributed by atoms with Crippen molar-refractivity contribution in [1.82, 2.24) is 14.8 Å². The summed E-state index contributed by atoms with van der Waals surface area (Å²) in [7, 11) is 1.79. The summed E-state index contributed by atoms with van der Waals surface area (Å²) in [6, 6.07) is 0. The molecule has 0 saturated carbocycles. The average molecular weight is 300 g/mol. The second-order valence-corrected chi connectivity index (χ2v) is 6.27. The Hall–Kier alpha value is -0.910. The van der Waals surface area contributed by atoms with Crippen molar-refractivity contribution in [2.24, 2.45) is 7.05 Å². The largest absolute Gasteiger partial charge is 0.388 e. The molecule has 2 aromatic rings. The van der Waals surface area contributed by atoms with Crippen LogP contribution in [0, 0.1) is 6.92 Å². The number of aryl methyl sites for hydroxylation is 2. The fraction of sp³-hybridized carbons (Fsp3) is 0.538. The lowest BCUT2D eigenvalue weighted by Gasteiger charge is -2.11. The summed E-state index contributed by atoms with van der Waals surface area (Å²) in [5.74, 6) is 0.224. The second-order valence-electron chi connectivity index (χ2n) is 4.97. The maximum absolute atomic E-state index is 10.4. The predicted molar refractivity (Wildman–Crippen MR) is 77.8 cm³/mol. The van der Waals surface area contributed by atoms with E-state index in [4.69, 9.17) is 11.6 Å². The van der Waals surface area contributed by atoms with E-state index in [-0.39, 0.29) is 5.92 Å². The number of aliphatic hydroxyl groups excluding tert-OH is 1. The van der Waals surface area contributed by atoms with Gasteiger partial charge in [0.25, 0.3) is 0 Å². The van der Waals surface area contributed by atoms with Crippen molar-refractivity contribution in [2.75, 3.05) is 0 Å². The maximum atomic E-state index is 10.4. The van der Waals surface area contributed by atoms with Crippen LogP contribution in [-0.4, -0.2) is 19.9 Å². The molecule has 0 aliphatic carbocycles. The second kappa shape index (κ2) is 5.61. The number of rotatable bonds is 4. The highest BCUT2D eigenvalue weighted by Gasteiger charge is 2.24. The molecule has 2 heterocycles. The highest BCUT2D eigenvalue weighted by molar-refractivity contribution is 7.09. The SMILES string of the molecule is Cc1csc(CC(O)c2c(C(C)C)nn(C)c2Cl)n1. The molecule has 104 valence electrons. The van der Waals surface area contributed by atoms with E-state index >= 15 is 0 Å². The zero-order valence-electron chi connectivity index (χ0n) is 11.5. The maximum Gasteiger partial charge on any atom is 0.132 e. The van der Waals surface area contributed by atoms with Crippen LogP contribution in [0.25, 0.3) is 0 Å². The molecule has 0 aliphatic heterocycles. The molecular weight excluding hydrogens is 282 g/mol. The molecular formula is C13H18ClN3OS. The first-order valence-electron chi connectivity index (χ1n) is 6.21. The Morgan fingerprint density at radius 3 is 2.68 bits per heavy atom. The van der Waals surface area contributed by atoms with Crippen LogP contribution < -0.4 is 0 Å². The molecule has 1 atom stereocenters. The minimum Gasteiger partial charge on any atom is -0.388 e. The van der Waals surface area contributed by atoms with E-state index in [1.165, 1.54) is 0 Å². The number of nitrogens with zero attached hydrogens (tertiary/aromatic N) is 3. The molecule has 0 radical (unpaired) electrons. The summed E-state index contributed by atoms with van der Waals surface area (Å²) in [6.07, 6.45) is -0.187. The highest BCUT2D eigenvalue weighted by Crippen LogP contribution is 2.32. The molecule has 0 spiro atoms. The number of thiazole rings is 1. The monoisotopic (exact) mass is 299 g/mol. The predicted octanol–water partition coefficient (Wildman–Crippen LogP) is 3.24. The Morgan fingerprint density at radius 1 is 1.47 bits per heavy atom. The van der Waals surface area contributed by atoms with Crippen molar-refractivity contribution in [3.8, 4) is 0 Å². The highest BCUT2D eigenvalue weighted by atomic mass is 35.5. The van der Waals surface area contributed by atoms with Crippen LogP contribution in [0.15, 0.2) is 5.38 Å². The Kier molecular flexibility index (Phi) is 4.28. The van der Waals surface area contributed by atoms with Gasteiger partial charge in [-0.3, -0.25) is 4.68 Å². The molecule has 6 heteroatoms. The van der Waals surface area contributed by atoms with Gasteiger partial charge >= 0.3 is 0 Å². The molecule has 2 aromatic heterocycles. The van der Waals surface area contributed by atoms with Crippen molar-refractivity contribution >= 4 is 22.9 Å². The molecule has 4 nitrogen and oxygen atoms in total. The summed E-state index contributed by atoms with van der Waals surface area (Å²) in [5, 5.41) is 18.2. The first-order chi connectivity index (χ1) is 8.90. The van der Waals surface area contributed by atoms with Gasteiger partial charge in [0.15, 0.2) is 0 Å². The quantitative estimate of drug-likeness (QED) is 0.943. The molecule has 1 N–H and O–H groups in total. The third-order valence-corrected chi connectivity index (χ3v) is 4.39. The number of aliphatic hydroxyl groups is 1. The Bertz CT molecular complexity index is 576. The number of hydrogen-bond donors (Lipinski definition) is 1. The molecule has 2 rings (SSSR count). The van der Waals surface area contributed by atoms with E-state index in [1.54, 1.807) is 23.1 Å². The fourth-order valence-corrected chi connectivity index (χ4v) is 3.11. The molecule has 0 amide bonds. The van der Waals surface area contributed by atoms with Crippen LogP contribution in [0.5, 0.6) is 0 Å². The van der Waals surface area contributed by atoms with Crippen LogP contribution >= 0.6 is 22.9 Å². The van der Waals surface area contributed by atoms with Gasteiger partial charge < -0.3 is 5.11 Å². The van der Waals surface area contributed by atoms with Crippen molar-refractivity contribution in [1.29, 1.82) is 0 Å². The lowest BCUT2D eigenvalue weighted by atomic mass is 10.0. The molecule has 0 fully saturated rings. The van der Waals surface area contributed by atoms with Crippen LogP contribution in [-0.2, 0) is 13.5 Å².